The van der Waals surface area contributed by atoms with Crippen molar-refractivity contribution in [2.45, 2.75) is 20.0 Å². The molecule has 0 unspecified atom stereocenters. The highest BCUT2D eigenvalue weighted by Crippen LogP contribution is 2.00. The Morgan fingerprint density at radius 2 is 0.702 bits per heavy atom. The molecule has 0 bridgehead atoms. The first-order chi connectivity index (χ1) is 28.2. The van der Waals surface area contributed by atoms with Gasteiger partial charge in [-0.05, 0) is 12.5 Å². The molecule has 1 rings (SSSR count). The van der Waals surface area contributed by atoms with Gasteiger partial charge in [0.15, 0.2) is 0 Å². The normalized spacial score (nSPS) is 11.2. The van der Waals surface area contributed by atoms with Gasteiger partial charge >= 0.3 is 12.1 Å². The summed E-state index contributed by atoms with van der Waals surface area (Å²) < 4.78 is 80.8. The Bertz CT molecular complexity index is 981. The fourth-order valence-electron chi connectivity index (χ4n) is 4.13. The Morgan fingerprint density at radius 1 is 0.404 bits per heavy atom. The zero-order chi connectivity index (χ0) is 40.8. The molecule has 18 heteroatoms. The number of esters is 1. The van der Waals surface area contributed by atoms with E-state index in [-0.39, 0.29) is 19.0 Å². The van der Waals surface area contributed by atoms with E-state index >= 15 is 0 Å². The van der Waals surface area contributed by atoms with Crippen LogP contribution < -0.4 is 5.32 Å². The highest BCUT2D eigenvalue weighted by molar-refractivity contribution is 5.69. The first-order valence-electron chi connectivity index (χ1n) is 19.8. The Labute approximate surface area is 338 Å². The van der Waals surface area contributed by atoms with E-state index in [1.54, 1.807) is 6.92 Å². The van der Waals surface area contributed by atoms with Crippen LogP contribution >= 0.6 is 0 Å². The maximum Gasteiger partial charge on any atom is 0.407 e. The van der Waals surface area contributed by atoms with Crippen LogP contribution in [0.5, 0.6) is 0 Å². The number of alkyl carbamates (subject to hydrolysis) is 1. The minimum Gasteiger partial charge on any atom is -0.466 e. The molecule has 0 aliphatic carbocycles. The predicted molar refractivity (Wildman–Crippen MR) is 207 cm³/mol. The van der Waals surface area contributed by atoms with Crippen molar-refractivity contribution in [3.8, 4) is 0 Å². The summed E-state index contributed by atoms with van der Waals surface area (Å²) in [6, 6.07) is 9.49. The number of hydrogen-bond acceptors (Lipinski definition) is 17. The standard InChI is InChI=1S/C39H69NO17/c1-2-56-38(41)8-10-43-12-14-45-16-18-47-20-22-49-24-26-51-28-30-53-32-34-55-35-33-54-31-29-52-27-25-50-23-21-48-19-17-46-15-13-44-11-9-40-39(42)57-36-37-6-4-3-5-7-37/h3-7H,2,8-36H2,1H3,(H,40,42). The molecule has 57 heavy (non-hydrogen) atoms. The molecule has 0 aliphatic heterocycles. The molecular weight excluding hydrogens is 754 g/mol. The lowest BCUT2D eigenvalue weighted by Crippen LogP contribution is -2.28. The molecule has 1 aromatic rings. The second-order valence-corrected chi connectivity index (χ2v) is 11.5. The van der Waals surface area contributed by atoms with Crippen LogP contribution in [0.15, 0.2) is 30.3 Å². The number of carbonyl (C=O) groups excluding carboxylic acids is 2. The summed E-state index contributed by atoms with van der Waals surface area (Å²) in [6.45, 7) is 14.8. The number of ether oxygens (including phenoxy) is 15. The lowest BCUT2D eigenvalue weighted by molar-refractivity contribution is -0.144. The van der Waals surface area contributed by atoms with E-state index in [0.717, 1.165) is 5.56 Å². The molecule has 1 amide bonds. The lowest BCUT2D eigenvalue weighted by Gasteiger charge is -2.09. The summed E-state index contributed by atoms with van der Waals surface area (Å²) in [4.78, 5) is 22.8. The van der Waals surface area contributed by atoms with E-state index in [1.165, 1.54) is 0 Å². The Hall–Kier alpha value is -2.56. The summed E-state index contributed by atoms with van der Waals surface area (Å²) in [5, 5.41) is 2.64. The number of carbonyl (C=O) groups is 2. The summed E-state index contributed by atoms with van der Waals surface area (Å²) >= 11 is 0. The van der Waals surface area contributed by atoms with Gasteiger partial charge in [0.05, 0.1) is 185 Å². The molecule has 0 radical (unpaired) electrons. The lowest BCUT2D eigenvalue weighted by atomic mass is 10.2. The van der Waals surface area contributed by atoms with Crippen molar-refractivity contribution in [1.29, 1.82) is 0 Å². The van der Waals surface area contributed by atoms with E-state index in [9.17, 15) is 9.59 Å². The van der Waals surface area contributed by atoms with Gasteiger partial charge in [0.1, 0.15) is 6.61 Å². The molecule has 18 nitrogen and oxygen atoms in total. The molecule has 332 valence electrons. The second kappa shape index (κ2) is 44.5. The highest BCUT2D eigenvalue weighted by Gasteiger charge is 2.03. The van der Waals surface area contributed by atoms with Crippen LogP contribution in [-0.4, -0.2) is 197 Å². The van der Waals surface area contributed by atoms with Gasteiger partial charge in [-0.2, -0.15) is 0 Å². The molecular formula is C39H69NO17. The van der Waals surface area contributed by atoms with Crippen molar-refractivity contribution in [3.05, 3.63) is 35.9 Å². The van der Waals surface area contributed by atoms with Crippen molar-refractivity contribution >= 4 is 12.1 Å². The largest absolute Gasteiger partial charge is 0.466 e. The SMILES string of the molecule is CCOC(=O)CCOCCOCCOCCOCCOCCOCCOCCOCCOCCOCCOCCOCCOCCNC(=O)OCc1ccccc1. The van der Waals surface area contributed by atoms with Crippen LogP contribution in [0.25, 0.3) is 0 Å². The molecule has 0 saturated heterocycles. The Morgan fingerprint density at radius 3 is 1.02 bits per heavy atom. The predicted octanol–water partition coefficient (Wildman–Crippen LogP) is 2.08. The third-order valence-corrected chi connectivity index (χ3v) is 6.95. The third-order valence-electron chi connectivity index (χ3n) is 6.95. The number of nitrogens with one attached hydrogen (secondary N) is 1. The number of rotatable bonds is 45. The van der Waals surface area contributed by atoms with Gasteiger partial charge in [-0.25, -0.2) is 4.79 Å². The smallest absolute Gasteiger partial charge is 0.407 e. The van der Waals surface area contributed by atoms with Gasteiger partial charge in [-0.3, -0.25) is 4.79 Å². The summed E-state index contributed by atoms with van der Waals surface area (Å²) in [6.07, 6.45) is -0.223. The molecule has 1 N–H and O–H groups in total. The molecule has 0 aliphatic rings. The zero-order valence-electron chi connectivity index (χ0n) is 34.0. The van der Waals surface area contributed by atoms with Gasteiger partial charge in [-0.1, -0.05) is 30.3 Å². The maximum atomic E-state index is 11.7. The van der Waals surface area contributed by atoms with Gasteiger partial charge in [0.2, 0.25) is 0 Å². The van der Waals surface area contributed by atoms with Crippen molar-refractivity contribution in [2.24, 2.45) is 0 Å². The quantitative estimate of drug-likeness (QED) is 0.0744. The molecule has 0 fully saturated rings. The van der Waals surface area contributed by atoms with Crippen LogP contribution in [0.4, 0.5) is 4.79 Å². The molecule has 0 atom stereocenters. The Kier molecular flexibility index (Phi) is 41.0. The minimum atomic E-state index is -0.474. The maximum absolute atomic E-state index is 11.7. The van der Waals surface area contributed by atoms with Crippen molar-refractivity contribution in [1.82, 2.24) is 5.32 Å². The Balaban J connectivity index is 1.62. The molecule has 0 spiro atoms. The summed E-state index contributed by atoms with van der Waals surface area (Å²) in [5.74, 6) is -0.256. The molecule has 0 aromatic heterocycles. The van der Waals surface area contributed by atoms with Crippen LogP contribution in [0, 0.1) is 0 Å². The average Bonchev–Trinajstić information content (AvgIpc) is 3.22. The van der Waals surface area contributed by atoms with Crippen LogP contribution in [0.3, 0.4) is 0 Å². The summed E-state index contributed by atoms with van der Waals surface area (Å²) in [7, 11) is 0. The van der Waals surface area contributed by atoms with E-state index in [0.29, 0.717) is 185 Å². The zero-order valence-corrected chi connectivity index (χ0v) is 34.0. The van der Waals surface area contributed by atoms with Crippen LogP contribution in [0.2, 0.25) is 0 Å². The van der Waals surface area contributed by atoms with E-state index in [2.05, 4.69) is 5.32 Å². The van der Waals surface area contributed by atoms with Gasteiger partial charge in [0, 0.05) is 6.54 Å². The fraction of sp³-hybridized carbons (Fsp3) is 0.795. The van der Waals surface area contributed by atoms with Gasteiger partial charge in [-0.15, -0.1) is 0 Å². The van der Waals surface area contributed by atoms with Crippen molar-refractivity contribution < 1.29 is 80.6 Å². The first kappa shape index (κ1) is 52.5. The van der Waals surface area contributed by atoms with Crippen LogP contribution in [0.1, 0.15) is 18.9 Å². The monoisotopic (exact) mass is 823 g/mol. The molecule has 1 aromatic carbocycles. The first-order valence-corrected chi connectivity index (χ1v) is 19.8. The van der Waals surface area contributed by atoms with E-state index in [4.69, 9.17) is 71.1 Å². The molecule has 0 heterocycles. The van der Waals surface area contributed by atoms with E-state index in [1.807, 2.05) is 30.3 Å². The average molecular weight is 824 g/mol. The summed E-state index contributed by atoms with van der Waals surface area (Å²) in [5.41, 5.74) is 0.934. The highest BCUT2D eigenvalue weighted by atomic mass is 16.6. The second-order valence-electron chi connectivity index (χ2n) is 11.5. The number of hydrogen-bond donors (Lipinski definition) is 1. The topological polar surface area (TPSA) is 185 Å². The third kappa shape index (κ3) is 41.4. The van der Waals surface area contributed by atoms with Crippen molar-refractivity contribution in [3.63, 3.8) is 0 Å². The minimum absolute atomic E-state index is 0.233. The van der Waals surface area contributed by atoms with Gasteiger partial charge in [0.25, 0.3) is 0 Å². The number of benzene rings is 1. The van der Waals surface area contributed by atoms with Crippen molar-refractivity contribution in [2.75, 3.05) is 185 Å². The fourth-order valence-corrected chi connectivity index (χ4v) is 4.13. The number of amides is 1. The molecule has 0 saturated carbocycles. The van der Waals surface area contributed by atoms with Gasteiger partial charge < -0.3 is 76.4 Å². The van der Waals surface area contributed by atoms with E-state index < -0.39 is 6.09 Å². The van der Waals surface area contributed by atoms with Crippen LogP contribution in [-0.2, 0) is 82.5 Å².